The molecule has 0 saturated carbocycles. The van der Waals surface area contributed by atoms with Crippen molar-refractivity contribution in [2.45, 2.75) is 25.2 Å². The van der Waals surface area contributed by atoms with Crippen LogP contribution in [0.1, 0.15) is 20.3 Å². The predicted octanol–water partition coefficient (Wildman–Crippen LogP) is 3.44. The maximum atomic E-state index is 11.9. The highest BCUT2D eigenvalue weighted by atomic mass is 32.2. The molecule has 1 atom stereocenters. The summed E-state index contributed by atoms with van der Waals surface area (Å²) >= 11 is 1.11. The quantitative estimate of drug-likeness (QED) is 0.859. The highest BCUT2D eigenvalue weighted by Crippen LogP contribution is 2.29. The van der Waals surface area contributed by atoms with Gasteiger partial charge in [0.05, 0.1) is 5.69 Å². The molecule has 0 fully saturated rings. The summed E-state index contributed by atoms with van der Waals surface area (Å²) in [6, 6.07) is 7.34. The zero-order valence-electron chi connectivity index (χ0n) is 11.8. The molecule has 0 saturated heterocycles. The van der Waals surface area contributed by atoms with Gasteiger partial charge in [-0.15, -0.1) is 0 Å². The second kappa shape index (κ2) is 7.19. The van der Waals surface area contributed by atoms with Crippen molar-refractivity contribution in [2.24, 2.45) is 5.92 Å². The van der Waals surface area contributed by atoms with Crippen LogP contribution < -0.4 is 5.32 Å². The van der Waals surface area contributed by atoms with Crippen molar-refractivity contribution in [3.63, 3.8) is 0 Å². The molecule has 1 N–H and O–H groups in total. The zero-order valence-corrected chi connectivity index (χ0v) is 12.6. The van der Waals surface area contributed by atoms with Gasteiger partial charge >= 0.3 is 0 Å². The van der Waals surface area contributed by atoms with E-state index >= 15 is 0 Å². The summed E-state index contributed by atoms with van der Waals surface area (Å²) in [7, 11) is 3.41. The number of hydrogen-bond donors (Lipinski definition) is 1. The van der Waals surface area contributed by atoms with E-state index in [-0.39, 0.29) is 17.1 Å². The van der Waals surface area contributed by atoms with E-state index in [0.29, 0.717) is 5.69 Å². The molecule has 0 aliphatic rings. The zero-order chi connectivity index (χ0) is 14.4. The first-order chi connectivity index (χ1) is 8.95. The number of nitrogens with zero attached hydrogens (tertiary/aromatic N) is 1. The van der Waals surface area contributed by atoms with Crippen molar-refractivity contribution in [1.29, 1.82) is 0 Å². The first-order valence-electron chi connectivity index (χ1n) is 6.24. The minimum Gasteiger partial charge on any atom is -0.339 e. The Morgan fingerprint density at radius 2 is 1.95 bits per heavy atom. The summed E-state index contributed by atoms with van der Waals surface area (Å²) < 4.78 is 0. The SMILES string of the molecule is CCC(C)C(=O)Nc1ccccc1SC(=O)N(C)C. The topological polar surface area (TPSA) is 49.4 Å². The van der Waals surface area contributed by atoms with Crippen molar-refractivity contribution in [3.8, 4) is 0 Å². The lowest BCUT2D eigenvalue weighted by Gasteiger charge is -2.14. The Morgan fingerprint density at radius 1 is 1.32 bits per heavy atom. The molecule has 0 heterocycles. The van der Waals surface area contributed by atoms with Gasteiger partial charge in [0.15, 0.2) is 0 Å². The Bertz CT molecular complexity index is 461. The maximum absolute atomic E-state index is 11.9. The van der Waals surface area contributed by atoms with Crippen molar-refractivity contribution >= 4 is 28.6 Å². The Kier molecular flexibility index (Phi) is 5.89. The number of para-hydroxylation sites is 1. The maximum Gasteiger partial charge on any atom is 0.286 e. The van der Waals surface area contributed by atoms with Crippen LogP contribution in [0.4, 0.5) is 10.5 Å². The summed E-state index contributed by atoms with van der Waals surface area (Å²) in [5, 5.41) is 2.81. The van der Waals surface area contributed by atoms with E-state index in [0.717, 1.165) is 23.1 Å². The largest absolute Gasteiger partial charge is 0.339 e. The lowest BCUT2D eigenvalue weighted by Crippen LogP contribution is -2.20. The van der Waals surface area contributed by atoms with Crippen molar-refractivity contribution in [2.75, 3.05) is 19.4 Å². The summed E-state index contributed by atoms with van der Waals surface area (Å²) in [4.78, 5) is 25.9. The van der Waals surface area contributed by atoms with Crippen molar-refractivity contribution in [1.82, 2.24) is 4.90 Å². The van der Waals surface area contributed by atoms with Gasteiger partial charge in [-0.3, -0.25) is 9.59 Å². The third-order valence-corrected chi connectivity index (χ3v) is 3.88. The minimum absolute atomic E-state index is 0.0205. The number of carbonyl (C=O) groups is 2. The normalized spacial score (nSPS) is 11.8. The molecule has 1 aromatic carbocycles. The fourth-order valence-electron chi connectivity index (χ4n) is 1.29. The summed E-state index contributed by atoms with van der Waals surface area (Å²) in [6.45, 7) is 3.86. The molecule has 4 nitrogen and oxygen atoms in total. The number of carbonyl (C=O) groups excluding carboxylic acids is 2. The van der Waals surface area contributed by atoms with E-state index < -0.39 is 0 Å². The third kappa shape index (κ3) is 4.59. The lowest BCUT2D eigenvalue weighted by atomic mass is 10.1. The van der Waals surface area contributed by atoms with E-state index in [4.69, 9.17) is 0 Å². The molecule has 2 amide bonds. The molecular weight excluding hydrogens is 260 g/mol. The van der Waals surface area contributed by atoms with Gasteiger partial charge < -0.3 is 10.2 Å². The van der Waals surface area contributed by atoms with E-state index in [9.17, 15) is 9.59 Å². The second-order valence-electron chi connectivity index (χ2n) is 4.56. The highest BCUT2D eigenvalue weighted by molar-refractivity contribution is 8.13. The number of benzene rings is 1. The number of anilines is 1. The van der Waals surface area contributed by atoms with Gasteiger partial charge in [0.25, 0.3) is 5.24 Å². The van der Waals surface area contributed by atoms with Crippen molar-refractivity contribution in [3.05, 3.63) is 24.3 Å². The Morgan fingerprint density at radius 3 is 2.53 bits per heavy atom. The smallest absolute Gasteiger partial charge is 0.286 e. The van der Waals surface area contributed by atoms with Crippen LogP contribution in [0, 0.1) is 5.92 Å². The molecule has 0 aliphatic heterocycles. The van der Waals surface area contributed by atoms with Crippen LogP contribution in [0.5, 0.6) is 0 Å². The van der Waals surface area contributed by atoms with Crippen LogP contribution >= 0.6 is 11.8 Å². The monoisotopic (exact) mass is 280 g/mol. The molecule has 0 spiro atoms. The molecule has 0 bridgehead atoms. The fraction of sp³-hybridized carbons (Fsp3) is 0.429. The van der Waals surface area contributed by atoms with Crippen LogP contribution in [0.15, 0.2) is 29.2 Å². The van der Waals surface area contributed by atoms with Gasteiger partial charge in [-0.05, 0) is 30.3 Å². The van der Waals surface area contributed by atoms with E-state index in [1.807, 2.05) is 38.1 Å². The molecule has 5 heteroatoms. The fourth-order valence-corrected chi connectivity index (χ4v) is 2.03. The predicted molar refractivity (Wildman–Crippen MR) is 79.5 cm³/mol. The minimum atomic E-state index is -0.0646. The number of thioether (sulfide) groups is 1. The third-order valence-electron chi connectivity index (χ3n) is 2.77. The second-order valence-corrected chi connectivity index (χ2v) is 5.55. The summed E-state index contributed by atoms with van der Waals surface area (Å²) in [5.74, 6) is -0.0598. The first kappa shape index (κ1) is 15.6. The van der Waals surface area contributed by atoms with Crippen LogP contribution in [0.25, 0.3) is 0 Å². The number of amides is 2. The molecule has 0 radical (unpaired) electrons. The van der Waals surface area contributed by atoms with Gasteiger partial charge in [0.2, 0.25) is 5.91 Å². The van der Waals surface area contributed by atoms with Gasteiger partial charge in [0.1, 0.15) is 0 Å². The standard InChI is InChI=1S/C14H20N2O2S/c1-5-10(2)13(17)15-11-8-6-7-9-12(11)19-14(18)16(3)4/h6-10H,5H2,1-4H3,(H,15,17). The van der Waals surface area contributed by atoms with Gasteiger partial charge in [-0.1, -0.05) is 26.0 Å². The van der Waals surface area contributed by atoms with Crippen molar-refractivity contribution < 1.29 is 9.59 Å². The van der Waals surface area contributed by atoms with Crippen LogP contribution in [-0.2, 0) is 4.79 Å². The molecule has 19 heavy (non-hydrogen) atoms. The molecule has 104 valence electrons. The van der Waals surface area contributed by atoms with Gasteiger partial charge in [0, 0.05) is 24.9 Å². The molecule has 0 aliphatic carbocycles. The molecule has 1 rings (SSSR count). The highest BCUT2D eigenvalue weighted by Gasteiger charge is 2.15. The average Bonchev–Trinajstić information content (AvgIpc) is 2.39. The Labute approximate surface area is 118 Å². The molecule has 1 aromatic rings. The Hall–Kier alpha value is -1.49. The van der Waals surface area contributed by atoms with Gasteiger partial charge in [-0.2, -0.15) is 0 Å². The van der Waals surface area contributed by atoms with Gasteiger partial charge in [-0.25, -0.2) is 0 Å². The van der Waals surface area contributed by atoms with E-state index in [1.54, 1.807) is 14.1 Å². The van der Waals surface area contributed by atoms with Crippen LogP contribution in [0.3, 0.4) is 0 Å². The molecule has 1 unspecified atom stereocenters. The average molecular weight is 280 g/mol. The van der Waals surface area contributed by atoms with E-state index in [2.05, 4.69) is 5.32 Å². The molecular formula is C14H20N2O2S. The number of nitrogens with one attached hydrogen (secondary N) is 1. The number of hydrogen-bond acceptors (Lipinski definition) is 3. The molecule has 0 aromatic heterocycles. The van der Waals surface area contributed by atoms with E-state index in [1.165, 1.54) is 4.90 Å². The Balaban J connectivity index is 2.84. The number of rotatable bonds is 4. The summed E-state index contributed by atoms with van der Waals surface area (Å²) in [5.41, 5.74) is 0.688. The van der Waals surface area contributed by atoms with Crippen LogP contribution in [0.2, 0.25) is 0 Å². The lowest BCUT2D eigenvalue weighted by molar-refractivity contribution is -0.119. The van der Waals surface area contributed by atoms with Crippen LogP contribution in [-0.4, -0.2) is 30.1 Å². The first-order valence-corrected chi connectivity index (χ1v) is 7.06. The summed E-state index contributed by atoms with van der Waals surface area (Å²) in [6.07, 6.45) is 0.789.